The number of ether oxygens (including phenoxy) is 1. The lowest BCUT2D eigenvalue weighted by Gasteiger charge is -2.43. The van der Waals surface area contributed by atoms with Crippen LogP contribution in [-0.4, -0.2) is 82.6 Å². The summed E-state index contributed by atoms with van der Waals surface area (Å²) in [5.74, 6) is -2.82. The lowest BCUT2D eigenvalue weighted by molar-refractivity contribution is -0.148. The van der Waals surface area contributed by atoms with Crippen molar-refractivity contribution in [1.82, 2.24) is 20.4 Å². The highest BCUT2D eigenvalue weighted by Crippen LogP contribution is 2.31. The molecule has 11 heteroatoms. The third kappa shape index (κ3) is 4.44. The van der Waals surface area contributed by atoms with Gasteiger partial charge in [0.05, 0.1) is 7.11 Å². The summed E-state index contributed by atoms with van der Waals surface area (Å²) in [6, 6.07) is 5.28. The Hall–Kier alpha value is -3.63. The summed E-state index contributed by atoms with van der Waals surface area (Å²) in [5.41, 5.74) is 0.370. The summed E-state index contributed by atoms with van der Waals surface area (Å²) in [6.07, 6.45) is -1.28. The predicted octanol–water partition coefficient (Wildman–Crippen LogP) is -0.227. The minimum atomic E-state index is -1.21. The van der Waals surface area contributed by atoms with E-state index in [1.165, 1.54) is 23.8 Å². The van der Waals surface area contributed by atoms with Crippen LogP contribution in [-0.2, 0) is 19.1 Å². The molecule has 2 aliphatic heterocycles. The van der Waals surface area contributed by atoms with Gasteiger partial charge in [0.1, 0.15) is 24.3 Å². The van der Waals surface area contributed by atoms with E-state index in [0.29, 0.717) is 5.56 Å². The molecule has 1 aromatic carbocycles. The molecule has 0 radical (unpaired) electrons. The molecule has 0 aromatic heterocycles. The van der Waals surface area contributed by atoms with Crippen molar-refractivity contribution in [2.45, 2.75) is 44.1 Å². The molecule has 2 heterocycles. The molecule has 4 amide bonds. The third-order valence-corrected chi connectivity index (χ3v) is 5.44. The molecule has 3 N–H and O–H groups in total. The maximum Gasteiger partial charge on any atom is 0.411 e. The lowest BCUT2D eigenvalue weighted by Crippen LogP contribution is -2.63. The number of aliphatic carboxylic acids is 1. The maximum atomic E-state index is 13.1. The number of nitrogens with one attached hydrogen (secondary N) is 2. The van der Waals surface area contributed by atoms with Gasteiger partial charge in [-0.05, 0) is 25.5 Å². The van der Waals surface area contributed by atoms with Crippen molar-refractivity contribution < 1.29 is 33.8 Å². The third-order valence-electron chi connectivity index (χ3n) is 5.44. The molecular formula is C20H24N4O7. The van der Waals surface area contributed by atoms with Crippen LogP contribution < -0.4 is 10.6 Å². The zero-order valence-corrected chi connectivity index (χ0v) is 17.1. The average molecular weight is 432 g/mol. The summed E-state index contributed by atoms with van der Waals surface area (Å²) in [5, 5.41) is 14.1. The Morgan fingerprint density at radius 2 is 1.87 bits per heavy atom. The lowest BCUT2D eigenvalue weighted by atomic mass is 10.1. The Bertz CT molecular complexity index is 891. The summed E-state index contributed by atoms with van der Waals surface area (Å²) < 4.78 is 4.79. The Morgan fingerprint density at radius 3 is 2.48 bits per heavy atom. The second-order valence-electron chi connectivity index (χ2n) is 7.39. The zero-order valence-electron chi connectivity index (χ0n) is 17.1. The number of methoxy groups -OCH3 is 1. The van der Waals surface area contributed by atoms with Gasteiger partial charge in [0.15, 0.2) is 0 Å². The van der Waals surface area contributed by atoms with Crippen LogP contribution in [0.5, 0.6) is 0 Å². The summed E-state index contributed by atoms with van der Waals surface area (Å²) in [6.45, 7) is 1.45. The predicted molar refractivity (Wildman–Crippen MR) is 106 cm³/mol. The summed E-state index contributed by atoms with van der Waals surface area (Å²) >= 11 is 0. The van der Waals surface area contributed by atoms with E-state index < -0.39 is 54.1 Å². The number of carbonyl (C=O) groups excluding carboxylic acids is 4. The molecule has 31 heavy (non-hydrogen) atoms. The SMILES string of the molecule is COC(=O)N1CCC(C(=O)NC(C)C(=O)O)N2C(=O)C(NC(=O)c3ccccc3)CC12. The molecule has 2 saturated heterocycles. The van der Waals surface area contributed by atoms with Crippen molar-refractivity contribution in [3.05, 3.63) is 35.9 Å². The van der Waals surface area contributed by atoms with Crippen molar-refractivity contribution in [3.63, 3.8) is 0 Å². The highest BCUT2D eigenvalue weighted by atomic mass is 16.5. The van der Waals surface area contributed by atoms with Crippen molar-refractivity contribution in [1.29, 1.82) is 0 Å². The van der Waals surface area contributed by atoms with Crippen molar-refractivity contribution in [2.75, 3.05) is 13.7 Å². The van der Waals surface area contributed by atoms with Crippen LogP contribution in [0.1, 0.15) is 30.1 Å². The fraction of sp³-hybridized carbons (Fsp3) is 0.450. The molecule has 2 fully saturated rings. The number of hydrogen-bond acceptors (Lipinski definition) is 6. The largest absolute Gasteiger partial charge is 0.480 e. The summed E-state index contributed by atoms with van der Waals surface area (Å²) in [7, 11) is 1.21. The Labute approximate surface area is 178 Å². The average Bonchev–Trinajstić information content (AvgIpc) is 3.09. The maximum absolute atomic E-state index is 13.1. The zero-order chi connectivity index (χ0) is 22.7. The van der Waals surface area contributed by atoms with Gasteiger partial charge in [-0.2, -0.15) is 0 Å². The van der Waals surface area contributed by atoms with Crippen LogP contribution in [0, 0.1) is 0 Å². The van der Waals surface area contributed by atoms with Gasteiger partial charge >= 0.3 is 12.1 Å². The minimum Gasteiger partial charge on any atom is -0.480 e. The number of carbonyl (C=O) groups is 5. The number of carboxylic acids is 1. The quantitative estimate of drug-likeness (QED) is 0.583. The highest BCUT2D eigenvalue weighted by Gasteiger charge is 2.52. The van der Waals surface area contributed by atoms with Gasteiger partial charge in [0, 0.05) is 18.5 Å². The molecule has 166 valence electrons. The normalized spacial score (nSPS) is 23.5. The van der Waals surface area contributed by atoms with Gasteiger partial charge in [-0.15, -0.1) is 0 Å². The van der Waals surface area contributed by atoms with Crippen LogP contribution in [0.4, 0.5) is 4.79 Å². The first-order valence-corrected chi connectivity index (χ1v) is 9.80. The van der Waals surface area contributed by atoms with E-state index in [4.69, 9.17) is 9.84 Å². The standard InChI is InChI=1S/C20H24N4O7/c1-11(19(28)29)21-17(26)14-8-9-23(20(30)31-2)15-10-13(18(27)24(14)15)22-16(25)12-6-4-3-5-7-12/h3-7,11,13-15H,8-10H2,1-2H3,(H,21,26)(H,22,25)(H,28,29). The molecule has 0 aliphatic carbocycles. The molecule has 0 saturated carbocycles. The van der Waals surface area contributed by atoms with E-state index in [-0.39, 0.29) is 19.4 Å². The van der Waals surface area contributed by atoms with E-state index in [0.717, 1.165) is 0 Å². The Morgan fingerprint density at radius 1 is 1.19 bits per heavy atom. The van der Waals surface area contributed by atoms with E-state index in [1.807, 2.05) is 0 Å². The van der Waals surface area contributed by atoms with Gasteiger partial charge in [0.25, 0.3) is 5.91 Å². The number of rotatable bonds is 5. The first-order valence-electron chi connectivity index (χ1n) is 9.80. The van der Waals surface area contributed by atoms with Gasteiger partial charge < -0.3 is 25.4 Å². The highest BCUT2D eigenvalue weighted by molar-refractivity contribution is 5.99. The molecule has 2 aliphatic rings. The van der Waals surface area contributed by atoms with Gasteiger partial charge in [-0.25, -0.2) is 4.79 Å². The first kappa shape index (κ1) is 22.1. The Kier molecular flexibility index (Phi) is 6.42. The van der Waals surface area contributed by atoms with Crippen LogP contribution >= 0.6 is 0 Å². The van der Waals surface area contributed by atoms with Crippen molar-refractivity contribution in [2.24, 2.45) is 0 Å². The number of benzene rings is 1. The smallest absolute Gasteiger partial charge is 0.411 e. The van der Waals surface area contributed by atoms with E-state index in [1.54, 1.807) is 30.3 Å². The fourth-order valence-electron chi connectivity index (χ4n) is 3.85. The van der Waals surface area contributed by atoms with E-state index in [9.17, 15) is 24.0 Å². The van der Waals surface area contributed by atoms with Gasteiger partial charge in [-0.1, -0.05) is 18.2 Å². The second kappa shape index (κ2) is 9.02. The number of fused-ring (bicyclic) bond motifs is 1. The Balaban J connectivity index is 1.82. The van der Waals surface area contributed by atoms with Crippen molar-refractivity contribution >= 4 is 29.8 Å². The van der Waals surface area contributed by atoms with Crippen LogP contribution in [0.2, 0.25) is 0 Å². The van der Waals surface area contributed by atoms with Gasteiger partial charge in [0.2, 0.25) is 11.8 Å². The fourth-order valence-corrected chi connectivity index (χ4v) is 3.85. The minimum absolute atomic E-state index is 0.0742. The van der Waals surface area contributed by atoms with E-state index in [2.05, 4.69) is 10.6 Å². The topological polar surface area (TPSA) is 145 Å². The number of hydrogen-bond donors (Lipinski definition) is 3. The monoisotopic (exact) mass is 432 g/mol. The molecule has 1 aromatic rings. The molecule has 0 spiro atoms. The molecular weight excluding hydrogens is 408 g/mol. The first-order chi connectivity index (χ1) is 14.7. The molecule has 4 unspecified atom stereocenters. The second-order valence-corrected chi connectivity index (χ2v) is 7.39. The molecule has 4 atom stereocenters. The molecule has 11 nitrogen and oxygen atoms in total. The summed E-state index contributed by atoms with van der Waals surface area (Å²) in [4.78, 5) is 64.2. The number of nitrogens with zero attached hydrogens (tertiary/aromatic N) is 2. The number of amides is 4. The van der Waals surface area contributed by atoms with Crippen LogP contribution in [0.15, 0.2) is 30.3 Å². The van der Waals surface area contributed by atoms with Crippen molar-refractivity contribution in [3.8, 4) is 0 Å². The molecule has 3 rings (SSSR count). The van der Waals surface area contributed by atoms with Crippen LogP contribution in [0.3, 0.4) is 0 Å². The van der Waals surface area contributed by atoms with Crippen LogP contribution in [0.25, 0.3) is 0 Å². The van der Waals surface area contributed by atoms with Gasteiger partial charge in [-0.3, -0.25) is 24.1 Å². The van der Waals surface area contributed by atoms with E-state index >= 15 is 0 Å². The number of carboxylic acid groups (broad SMARTS) is 1. The molecule has 0 bridgehead atoms.